The van der Waals surface area contributed by atoms with Gasteiger partial charge in [-0.2, -0.15) is 0 Å². The van der Waals surface area contributed by atoms with Gasteiger partial charge in [0.05, 0.1) is 30.6 Å². The average molecular weight is 436 g/mol. The molecule has 3 fully saturated rings. The summed E-state index contributed by atoms with van der Waals surface area (Å²) >= 11 is 5.93. The summed E-state index contributed by atoms with van der Waals surface area (Å²) in [4.78, 5) is 41.0. The van der Waals surface area contributed by atoms with Crippen LogP contribution in [0.15, 0.2) is 24.3 Å². The molecule has 3 aliphatic rings. The Bertz CT molecular complexity index is 859. The van der Waals surface area contributed by atoms with Crippen molar-refractivity contribution in [3.63, 3.8) is 0 Å². The first-order valence-electron chi connectivity index (χ1n) is 10.3. The Morgan fingerprint density at radius 1 is 1.33 bits per heavy atom. The van der Waals surface area contributed by atoms with E-state index in [-0.39, 0.29) is 24.5 Å². The second-order valence-corrected chi connectivity index (χ2v) is 8.59. The molecule has 3 amide bonds. The van der Waals surface area contributed by atoms with Crippen molar-refractivity contribution in [2.45, 2.75) is 50.0 Å². The summed E-state index contributed by atoms with van der Waals surface area (Å²) in [6.45, 7) is 1.58. The first-order valence-corrected chi connectivity index (χ1v) is 10.6. The maximum atomic E-state index is 13.5. The Morgan fingerprint density at radius 2 is 2.03 bits per heavy atom. The Morgan fingerprint density at radius 3 is 2.63 bits per heavy atom. The van der Waals surface area contributed by atoms with E-state index in [0.717, 1.165) is 0 Å². The number of hydrogen-bond acceptors (Lipinski definition) is 5. The number of hydrogen-bond donors (Lipinski definition) is 3. The third-order valence-corrected chi connectivity index (χ3v) is 6.97. The zero-order valence-electron chi connectivity index (χ0n) is 16.9. The van der Waals surface area contributed by atoms with Gasteiger partial charge in [0.1, 0.15) is 11.6 Å². The summed E-state index contributed by atoms with van der Waals surface area (Å²) in [7, 11) is 1.53. The summed E-state index contributed by atoms with van der Waals surface area (Å²) in [6.07, 6.45) is 1.21. The van der Waals surface area contributed by atoms with Crippen molar-refractivity contribution in [2.75, 3.05) is 19.0 Å². The zero-order valence-corrected chi connectivity index (χ0v) is 17.7. The average Bonchev–Trinajstić information content (AvgIpc) is 3.38. The van der Waals surface area contributed by atoms with Crippen LogP contribution in [0.1, 0.15) is 26.2 Å². The number of anilines is 1. The molecule has 4 rings (SSSR count). The summed E-state index contributed by atoms with van der Waals surface area (Å²) in [5.41, 5.74) is -0.526. The molecule has 0 radical (unpaired) electrons. The molecular formula is C21H26ClN3O5. The fourth-order valence-electron chi connectivity index (χ4n) is 5.41. The number of aliphatic hydroxyl groups excluding tert-OH is 1. The van der Waals surface area contributed by atoms with E-state index < -0.39 is 35.4 Å². The Kier molecular flexibility index (Phi) is 5.50. The molecule has 0 saturated carbocycles. The molecule has 3 saturated heterocycles. The number of benzene rings is 1. The van der Waals surface area contributed by atoms with Crippen LogP contribution in [0, 0.1) is 11.8 Å². The van der Waals surface area contributed by atoms with Crippen LogP contribution in [0.5, 0.6) is 0 Å². The van der Waals surface area contributed by atoms with Gasteiger partial charge < -0.3 is 25.4 Å². The van der Waals surface area contributed by atoms with Crippen molar-refractivity contribution in [1.29, 1.82) is 0 Å². The van der Waals surface area contributed by atoms with Gasteiger partial charge in [0.15, 0.2) is 0 Å². The molecule has 1 spiro atoms. The number of ether oxygens (including phenoxy) is 1. The van der Waals surface area contributed by atoms with E-state index >= 15 is 0 Å². The lowest BCUT2D eigenvalue weighted by Crippen LogP contribution is -2.56. The quantitative estimate of drug-likeness (QED) is 0.621. The molecule has 9 heteroatoms. The van der Waals surface area contributed by atoms with Crippen molar-refractivity contribution >= 4 is 35.0 Å². The largest absolute Gasteiger partial charge is 0.394 e. The maximum Gasteiger partial charge on any atom is 0.250 e. The van der Waals surface area contributed by atoms with Gasteiger partial charge >= 0.3 is 0 Å². The molecule has 6 atom stereocenters. The molecule has 1 aromatic rings. The summed E-state index contributed by atoms with van der Waals surface area (Å²) in [5.74, 6) is -2.32. The number of amides is 3. The molecule has 1 aromatic carbocycles. The smallest absolute Gasteiger partial charge is 0.250 e. The first kappa shape index (κ1) is 21.1. The van der Waals surface area contributed by atoms with Crippen LogP contribution in [0.2, 0.25) is 5.02 Å². The zero-order chi connectivity index (χ0) is 21.6. The van der Waals surface area contributed by atoms with Crippen LogP contribution in [0.4, 0.5) is 5.69 Å². The number of nitrogens with zero attached hydrogens (tertiary/aromatic N) is 1. The molecule has 8 nitrogen and oxygen atoms in total. The number of carbonyl (C=O) groups excluding carboxylic acids is 3. The Hall–Kier alpha value is -2.16. The first-order chi connectivity index (χ1) is 14.4. The van der Waals surface area contributed by atoms with Crippen molar-refractivity contribution in [3.8, 4) is 0 Å². The molecule has 0 aromatic heterocycles. The molecule has 3 heterocycles. The molecule has 3 aliphatic heterocycles. The molecule has 0 aliphatic carbocycles. The summed E-state index contributed by atoms with van der Waals surface area (Å²) in [6, 6.07) is 5.23. The van der Waals surface area contributed by atoms with E-state index in [2.05, 4.69) is 10.6 Å². The lowest BCUT2D eigenvalue weighted by atomic mass is 9.70. The third kappa shape index (κ3) is 3.01. The molecule has 2 unspecified atom stereocenters. The van der Waals surface area contributed by atoms with Crippen molar-refractivity contribution in [2.24, 2.45) is 11.8 Å². The van der Waals surface area contributed by atoms with Gasteiger partial charge in [-0.1, -0.05) is 18.5 Å². The van der Waals surface area contributed by atoms with Crippen LogP contribution in [-0.2, 0) is 19.1 Å². The van der Waals surface area contributed by atoms with Crippen LogP contribution in [0.25, 0.3) is 0 Å². The van der Waals surface area contributed by atoms with Gasteiger partial charge in [0.2, 0.25) is 17.7 Å². The lowest BCUT2D eigenvalue weighted by Gasteiger charge is -2.36. The number of nitrogens with one attached hydrogen (secondary N) is 2. The standard InChI is InChI=1S/C21H26ClN3O5/c1-3-13(10-26)25-17(19(28)24-12-6-4-11(22)5-7-12)21-9-8-14(30-21)15(18(27)23-2)16(21)20(25)29/h4-7,13-17,26H,3,8-10H2,1-2H3,(H,23,27)(H,24,28)/t13-,14-,15+,16-,17?,21?/m0/s1. The van der Waals surface area contributed by atoms with Crippen molar-refractivity contribution < 1.29 is 24.2 Å². The number of fused-ring (bicyclic) bond motifs is 1. The molecule has 162 valence electrons. The highest BCUT2D eigenvalue weighted by Crippen LogP contribution is 2.58. The van der Waals surface area contributed by atoms with E-state index in [1.54, 1.807) is 24.3 Å². The van der Waals surface area contributed by atoms with Gasteiger partial charge in [0.25, 0.3) is 0 Å². The molecular weight excluding hydrogens is 410 g/mol. The number of aliphatic hydroxyl groups is 1. The molecule has 30 heavy (non-hydrogen) atoms. The van der Waals surface area contributed by atoms with E-state index in [9.17, 15) is 19.5 Å². The highest BCUT2D eigenvalue weighted by molar-refractivity contribution is 6.30. The minimum atomic E-state index is -1.07. The topological polar surface area (TPSA) is 108 Å². The predicted octanol–water partition coefficient (Wildman–Crippen LogP) is 1.17. The van der Waals surface area contributed by atoms with Crippen LogP contribution in [-0.4, -0.2) is 65.2 Å². The molecule has 2 bridgehead atoms. The fourth-order valence-corrected chi connectivity index (χ4v) is 5.53. The fraction of sp³-hybridized carbons (Fsp3) is 0.571. The third-order valence-electron chi connectivity index (χ3n) is 6.72. The predicted molar refractivity (Wildman–Crippen MR) is 110 cm³/mol. The van der Waals surface area contributed by atoms with Gasteiger partial charge in [-0.25, -0.2) is 0 Å². The van der Waals surface area contributed by atoms with E-state index in [1.165, 1.54) is 11.9 Å². The van der Waals surface area contributed by atoms with Crippen molar-refractivity contribution in [3.05, 3.63) is 29.3 Å². The van der Waals surface area contributed by atoms with Crippen LogP contribution in [0.3, 0.4) is 0 Å². The lowest BCUT2D eigenvalue weighted by molar-refractivity contribution is -0.144. The Labute approximate surface area is 179 Å². The monoisotopic (exact) mass is 435 g/mol. The van der Waals surface area contributed by atoms with Gasteiger partial charge in [-0.15, -0.1) is 0 Å². The number of halogens is 1. The van der Waals surface area contributed by atoms with Gasteiger partial charge in [0, 0.05) is 17.8 Å². The number of rotatable bonds is 6. The van der Waals surface area contributed by atoms with Gasteiger partial charge in [-0.3, -0.25) is 14.4 Å². The summed E-state index contributed by atoms with van der Waals surface area (Å²) < 4.78 is 6.26. The summed E-state index contributed by atoms with van der Waals surface area (Å²) in [5, 5.41) is 15.9. The SMILES string of the molecule is CC[C@@H](CO)N1C(=O)[C@@H]2[C@H](C(=O)NC)[C@@H]3CCC2(O3)C1C(=O)Nc1ccc(Cl)cc1. The van der Waals surface area contributed by atoms with E-state index in [0.29, 0.717) is 30.0 Å². The minimum absolute atomic E-state index is 0.254. The van der Waals surface area contributed by atoms with E-state index in [4.69, 9.17) is 16.3 Å². The minimum Gasteiger partial charge on any atom is -0.394 e. The Balaban J connectivity index is 1.73. The van der Waals surface area contributed by atoms with Gasteiger partial charge in [-0.05, 0) is 43.5 Å². The highest BCUT2D eigenvalue weighted by atomic mass is 35.5. The number of likely N-dealkylation sites (tertiary alicyclic amines) is 1. The van der Waals surface area contributed by atoms with Crippen LogP contribution < -0.4 is 10.6 Å². The molecule has 3 N–H and O–H groups in total. The van der Waals surface area contributed by atoms with Crippen LogP contribution >= 0.6 is 11.6 Å². The normalized spacial score (nSPS) is 32.8. The highest BCUT2D eigenvalue weighted by Gasteiger charge is 2.74. The second-order valence-electron chi connectivity index (χ2n) is 8.16. The number of carbonyl (C=O) groups is 3. The van der Waals surface area contributed by atoms with Crippen molar-refractivity contribution in [1.82, 2.24) is 10.2 Å². The van der Waals surface area contributed by atoms with E-state index in [1.807, 2.05) is 6.92 Å². The maximum absolute atomic E-state index is 13.5. The second kappa shape index (κ2) is 7.83.